The molecule has 1 fully saturated rings. The van der Waals surface area contributed by atoms with E-state index in [1.165, 1.54) is 0 Å². The van der Waals surface area contributed by atoms with Gasteiger partial charge in [0.25, 0.3) is 0 Å². The molecule has 0 atom stereocenters. The first-order valence-electron chi connectivity index (χ1n) is 4.95. The van der Waals surface area contributed by atoms with Gasteiger partial charge in [0.15, 0.2) is 0 Å². The normalized spacial score (nSPS) is 18.1. The molecule has 0 unspecified atom stereocenters. The van der Waals surface area contributed by atoms with E-state index in [0.29, 0.717) is 18.8 Å². The largest absolute Gasteiger partial charge is 0.449 e. The first kappa shape index (κ1) is 11.5. The van der Waals surface area contributed by atoms with E-state index in [9.17, 15) is 4.79 Å². The summed E-state index contributed by atoms with van der Waals surface area (Å²) in [6.07, 6.45) is 4.01. The van der Waals surface area contributed by atoms with Gasteiger partial charge in [-0.3, -0.25) is 9.89 Å². The molecule has 4 nitrogen and oxygen atoms in total. The van der Waals surface area contributed by atoms with Gasteiger partial charge in [-0.05, 0) is 20.3 Å². The fourth-order valence-corrected chi connectivity index (χ4v) is 1.26. The van der Waals surface area contributed by atoms with Crippen molar-refractivity contribution < 1.29 is 9.53 Å². The van der Waals surface area contributed by atoms with Crippen molar-refractivity contribution in [1.29, 1.82) is 0 Å². The fraction of sp³-hybridized carbons (Fsp3) is 0.455. The maximum atomic E-state index is 11.4. The summed E-state index contributed by atoms with van der Waals surface area (Å²) in [5.41, 5.74) is 1.46. The maximum Gasteiger partial charge on any atom is 0.414 e. The molecule has 4 heteroatoms. The molecule has 0 aromatic heterocycles. The van der Waals surface area contributed by atoms with Crippen molar-refractivity contribution in [2.75, 3.05) is 13.2 Å². The number of hydrogen-bond acceptors (Lipinski definition) is 3. The second kappa shape index (κ2) is 5.34. The molecule has 0 spiro atoms. The van der Waals surface area contributed by atoms with Crippen LogP contribution >= 0.6 is 0 Å². The molecule has 0 aromatic rings. The zero-order valence-electron chi connectivity index (χ0n) is 9.19. The molecule has 0 aromatic carbocycles. The van der Waals surface area contributed by atoms with E-state index in [1.807, 2.05) is 13.0 Å². The fourth-order valence-electron chi connectivity index (χ4n) is 1.26. The average Bonchev–Trinajstić information content (AvgIpc) is 2.21. The number of nitrogens with zero attached hydrogens (tertiary/aromatic N) is 2. The molecule has 82 valence electrons. The molecule has 0 N–H and O–H groups in total. The minimum Gasteiger partial charge on any atom is -0.449 e. The molecule has 1 saturated heterocycles. The van der Waals surface area contributed by atoms with Crippen molar-refractivity contribution in [3.63, 3.8) is 0 Å². The molecule has 1 amide bonds. The number of carbonyl (C=O) groups excluding carboxylic acids is 1. The van der Waals surface area contributed by atoms with Crippen LogP contribution in [-0.2, 0) is 4.74 Å². The zero-order valence-corrected chi connectivity index (χ0v) is 9.19. The van der Waals surface area contributed by atoms with Crippen LogP contribution in [0.3, 0.4) is 0 Å². The van der Waals surface area contributed by atoms with E-state index in [1.54, 1.807) is 18.0 Å². The zero-order chi connectivity index (χ0) is 11.3. The molecule has 1 aliphatic rings. The average molecular weight is 208 g/mol. The van der Waals surface area contributed by atoms with Crippen LogP contribution in [0.5, 0.6) is 0 Å². The van der Waals surface area contributed by atoms with Crippen molar-refractivity contribution >= 4 is 12.3 Å². The van der Waals surface area contributed by atoms with Crippen molar-refractivity contribution in [2.45, 2.75) is 20.3 Å². The number of amides is 1. The number of allylic oxidation sites excluding steroid dienone is 3. The van der Waals surface area contributed by atoms with Crippen LogP contribution in [0, 0.1) is 0 Å². The predicted molar refractivity (Wildman–Crippen MR) is 59.7 cm³/mol. The third-order valence-electron chi connectivity index (χ3n) is 2.00. The van der Waals surface area contributed by atoms with Gasteiger partial charge in [-0.25, -0.2) is 4.79 Å². The summed E-state index contributed by atoms with van der Waals surface area (Å²) < 4.78 is 4.94. The van der Waals surface area contributed by atoms with Crippen molar-refractivity contribution in [2.24, 2.45) is 4.99 Å². The Morgan fingerprint density at radius 1 is 1.67 bits per heavy atom. The Morgan fingerprint density at radius 3 is 2.93 bits per heavy atom. The minimum absolute atomic E-state index is 0.303. The highest BCUT2D eigenvalue weighted by atomic mass is 16.6. The molecular weight excluding hydrogens is 192 g/mol. The first-order chi connectivity index (χ1) is 7.15. The SMILES string of the molecule is C=C(C)N=C/C(=C\C)N1CCCOC1=O. The van der Waals surface area contributed by atoms with E-state index in [0.717, 1.165) is 12.1 Å². The Kier molecular flexibility index (Phi) is 4.09. The van der Waals surface area contributed by atoms with Gasteiger partial charge in [-0.2, -0.15) is 0 Å². The van der Waals surface area contributed by atoms with E-state index in [-0.39, 0.29) is 6.09 Å². The van der Waals surface area contributed by atoms with Gasteiger partial charge < -0.3 is 4.74 Å². The second-order valence-electron chi connectivity index (χ2n) is 3.33. The van der Waals surface area contributed by atoms with Crippen molar-refractivity contribution in [3.8, 4) is 0 Å². The van der Waals surface area contributed by atoms with Gasteiger partial charge in [0.1, 0.15) is 0 Å². The number of hydrogen-bond donors (Lipinski definition) is 0. The topological polar surface area (TPSA) is 41.9 Å². The Labute approximate surface area is 89.9 Å². The Morgan fingerprint density at radius 2 is 2.40 bits per heavy atom. The Balaban J connectivity index is 2.74. The third kappa shape index (κ3) is 3.23. The molecule has 1 rings (SSSR count). The monoisotopic (exact) mass is 208 g/mol. The van der Waals surface area contributed by atoms with E-state index >= 15 is 0 Å². The third-order valence-corrected chi connectivity index (χ3v) is 2.00. The maximum absolute atomic E-state index is 11.4. The second-order valence-corrected chi connectivity index (χ2v) is 3.33. The lowest BCUT2D eigenvalue weighted by Gasteiger charge is -2.26. The molecule has 0 saturated carbocycles. The quantitative estimate of drug-likeness (QED) is 0.668. The van der Waals surface area contributed by atoms with E-state index in [2.05, 4.69) is 11.6 Å². The van der Waals surface area contributed by atoms with Crippen LogP contribution in [0.25, 0.3) is 0 Å². The lowest BCUT2D eigenvalue weighted by Crippen LogP contribution is -2.37. The summed E-state index contributed by atoms with van der Waals surface area (Å²) >= 11 is 0. The van der Waals surface area contributed by atoms with Gasteiger partial charge in [-0.15, -0.1) is 0 Å². The number of carbonyl (C=O) groups is 1. The Bertz CT molecular complexity index is 319. The highest BCUT2D eigenvalue weighted by Gasteiger charge is 2.21. The van der Waals surface area contributed by atoms with E-state index in [4.69, 9.17) is 4.74 Å². The van der Waals surface area contributed by atoms with Crippen LogP contribution < -0.4 is 0 Å². The van der Waals surface area contributed by atoms with Gasteiger partial charge in [0, 0.05) is 12.2 Å². The molecule has 0 aliphatic carbocycles. The molecule has 15 heavy (non-hydrogen) atoms. The highest BCUT2D eigenvalue weighted by Crippen LogP contribution is 2.11. The summed E-state index contributed by atoms with van der Waals surface area (Å²) in [5, 5.41) is 0. The number of cyclic esters (lactones) is 1. The summed E-state index contributed by atoms with van der Waals surface area (Å²) in [7, 11) is 0. The smallest absolute Gasteiger partial charge is 0.414 e. The van der Waals surface area contributed by atoms with Gasteiger partial charge >= 0.3 is 6.09 Å². The molecule has 0 bridgehead atoms. The summed E-state index contributed by atoms with van der Waals surface area (Å²) in [4.78, 5) is 17.1. The summed E-state index contributed by atoms with van der Waals surface area (Å²) in [5.74, 6) is 0. The predicted octanol–water partition coefficient (Wildman–Crippen LogP) is 2.34. The van der Waals surface area contributed by atoms with Crippen LogP contribution in [0.4, 0.5) is 4.79 Å². The van der Waals surface area contributed by atoms with Crippen molar-refractivity contribution in [1.82, 2.24) is 4.90 Å². The van der Waals surface area contributed by atoms with Crippen LogP contribution in [0.15, 0.2) is 29.0 Å². The van der Waals surface area contributed by atoms with Crippen LogP contribution in [-0.4, -0.2) is 30.4 Å². The lowest BCUT2D eigenvalue weighted by molar-refractivity contribution is 0.0882. The standard InChI is InChI=1S/C11H16N2O2/c1-4-10(8-12-9(2)3)13-6-5-7-15-11(13)14/h4,8H,2,5-7H2,1,3H3/b10-4+,12-8?. The first-order valence-corrected chi connectivity index (χ1v) is 4.95. The van der Waals surface area contributed by atoms with Crippen LogP contribution in [0.2, 0.25) is 0 Å². The highest BCUT2D eigenvalue weighted by molar-refractivity contribution is 5.85. The lowest BCUT2D eigenvalue weighted by atomic mass is 10.3. The van der Waals surface area contributed by atoms with Crippen molar-refractivity contribution in [3.05, 3.63) is 24.0 Å². The summed E-state index contributed by atoms with van der Waals surface area (Å²) in [6.45, 7) is 8.52. The molecular formula is C11H16N2O2. The van der Waals surface area contributed by atoms with E-state index < -0.39 is 0 Å². The van der Waals surface area contributed by atoms with Gasteiger partial charge in [0.2, 0.25) is 0 Å². The number of rotatable bonds is 3. The minimum atomic E-state index is -0.303. The summed E-state index contributed by atoms with van der Waals surface area (Å²) in [6, 6.07) is 0. The van der Waals surface area contributed by atoms with Gasteiger partial charge in [-0.1, -0.05) is 12.7 Å². The molecule has 0 radical (unpaired) electrons. The number of aliphatic imine (C=N–C) groups is 1. The van der Waals surface area contributed by atoms with Crippen LogP contribution in [0.1, 0.15) is 20.3 Å². The number of ether oxygens (including phenoxy) is 1. The molecule has 1 aliphatic heterocycles. The van der Waals surface area contributed by atoms with Gasteiger partial charge in [0.05, 0.1) is 18.5 Å². The molecule has 1 heterocycles. The Hall–Kier alpha value is -1.58.